The van der Waals surface area contributed by atoms with Gasteiger partial charge in [0.15, 0.2) is 6.10 Å². The Morgan fingerprint density at radius 1 is 0.453 bits per heavy atom. The van der Waals surface area contributed by atoms with E-state index in [0.29, 0.717) is 12.8 Å². The number of nitrogens with zero attached hydrogens (tertiary/aromatic N) is 1. The van der Waals surface area contributed by atoms with Crippen LogP contribution in [0, 0.1) is 0 Å². The Bertz CT molecular complexity index is 1060. The average Bonchev–Trinajstić information content (AvgIpc) is 3.26. The van der Waals surface area contributed by atoms with Gasteiger partial charge in [0.2, 0.25) is 0 Å². The van der Waals surface area contributed by atoms with E-state index in [1.54, 1.807) is 0 Å². The van der Waals surface area contributed by atoms with Gasteiger partial charge in [0.25, 0.3) is 0 Å². The third kappa shape index (κ3) is 45.2. The minimum Gasteiger partial charge on any atom is -0.544 e. The van der Waals surface area contributed by atoms with Crippen molar-refractivity contribution in [1.29, 1.82) is 0 Å². The molecule has 0 aromatic carbocycles. The lowest BCUT2D eigenvalue weighted by atomic mass is 10.0. The van der Waals surface area contributed by atoms with Gasteiger partial charge in [-0.1, -0.05) is 231 Å². The molecule has 0 N–H and O–H groups in total. The van der Waals surface area contributed by atoms with E-state index < -0.39 is 18.1 Å². The molecular weight excluding hydrogens is 799 g/mol. The molecule has 0 saturated heterocycles. The molecule has 0 aliphatic carbocycles. The zero-order valence-corrected chi connectivity index (χ0v) is 43.2. The molecule has 0 aliphatic rings. The molecule has 0 rings (SSSR count). The van der Waals surface area contributed by atoms with Gasteiger partial charge in [-0.2, -0.15) is 0 Å². The monoisotopic (exact) mass is 906 g/mol. The van der Waals surface area contributed by atoms with E-state index in [1.807, 2.05) is 21.1 Å². The summed E-state index contributed by atoms with van der Waals surface area (Å²) in [5, 5.41) is 11.7. The zero-order chi connectivity index (χ0) is 47.0. The van der Waals surface area contributed by atoms with Gasteiger partial charge in [-0.15, -0.1) is 0 Å². The second kappa shape index (κ2) is 47.6. The van der Waals surface area contributed by atoms with E-state index >= 15 is 0 Å². The van der Waals surface area contributed by atoms with Gasteiger partial charge in [0.1, 0.15) is 12.6 Å². The smallest absolute Gasteiger partial charge is 0.306 e. The molecule has 378 valence electrons. The summed E-state index contributed by atoms with van der Waals surface area (Å²) in [7, 11) is 5.43. The predicted molar refractivity (Wildman–Crippen MR) is 268 cm³/mol. The molecule has 0 radical (unpaired) electrons. The van der Waals surface area contributed by atoms with Gasteiger partial charge < -0.3 is 28.6 Å². The van der Waals surface area contributed by atoms with E-state index in [4.69, 9.17) is 14.2 Å². The molecule has 2 atom stereocenters. The van der Waals surface area contributed by atoms with Crippen molar-refractivity contribution in [2.24, 2.45) is 0 Å². The van der Waals surface area contributed by atoms with Crippen LogP contribution in [0.4, 0.5) is 0 Å². The summed E-state index contributed by atoms with van der Waals surface area (Å²) in [6.45, 7) is 4.71. The van der Waals surface area contributed by atoms with Crippen LogP contribution in [0.25, 0.3) is 0 Å². The number of rotatable bonds is 51. The Morgan fingerprint density at radius 3 is 1.12 bits per heavy atom. The van der Waals surface area contributed by atoms with Crippen molar-refractivity contribution < 1.29 is 38.2 Å². The molecule has 8 nitrogen and oxygen atoms in total. The molecule has 0 saturated carbocycles. The maximum absolute atomic E-state index is 12.8. The molecule has 0 heterocycles. The molecule has 0 bridgehead atoms. The zero-order valence-electron chi connectivity index (χ0n) is 43.2. The highest BCUT2D eigenvalue weighted by atomic mass is 16.6. The lowest BCUT2D eigenvalue weighted by Gasteiger charge is -2.34. The van der Waals surface area contributed by atoms with Gasteiger partial charge >= 0.3 is 11.9 Å². The Labute approximate surface area is 397 Å². The number of hydrogen-bond donors (Lipinski definition) is 0. The largest absolute Gasteiger partial charge is 0.544 e. The van der Waals surface area contributed by atoms with Crippen molar-refractivity contribution in [2.45, 2.75) is 289 Å². The van der Waals surface area contributed by atoms with Crippen LogP contribution >= 0.6 is 0 Å². The first kappa shape index (κ1) is 62.1. The number of quaternary nitrogens is 1. The third-order valence-corrected chi connectivity index (χ3v) is 12.9. The molecule has 2 unspecified atom stereocenters. The summed E-state index contributed by atoms with van der Waals surface area (Å²) >= 11 is 0. The number of unbranched alkanes of at least 4 members (excludes halogenated alkanes) is 35. The fraction of sp³-hybridized carbons (Fsp3) is 0.911. The van der Waals surface area contributed by atoms with Crippen molar-refractivity contribution in [3.8, 4) is 0 Å². The highest BCUT2D eigenvalue weighted by Gasteiger charge is 2.25. The average molecular weight is 906 g/mol. The van der Waals surface area contributed by atoms with Crippen LogP contribution in [-0.2, 0) is 28.6 Å². The number of ether oxygens (including phenoxy) is 3. The minimum absolute atomic E-state index is 0.0453. The van der Waals surface area contributed by atoms with Crippen molar-refractivity contribution in [2.75, 3.05) is 41.0 Å². The van der Waals surface area contributed by atoms with Crippen LogP contribution in [0.1, 0.15) is 277 Å². The number of carbonyl (C=O) groups excluding carboxylic acids is 3. The first-order valence-electron chi connectivity index (χ1n) is 27.7. The fourth-order valence-corrected chi connectivity index (χ4v) is 8.60. The van der Waals surface area contributed by atoms with Gasteiger partial charge in [-0.05, 0) is 38.5 Å². The van der Waals surface area contributed by atoms with Gasteiger partial charge in [-0.25, -0.2) is 0 Å². The number of likely N-dealkylation sites (N-methyl/N-ethyl adjacent to an activating group) is 1. The number of aliphatic carboxylic acids is 1. The summed E-state index contributed by atoms with van der Waals surface area (Å²) in [5.41, 5.74) is 0. The van der Waals surface area contributed by atoms with Gasteiger partial charge in [-0.3, -0.25) is 9.59 Å². The van der Waals surface area contributed by atoms with E-state index in [2.05, 4.69) is 26.0 Å². The first-order chi connectivity index (χ1) is 31.1. The molecule has 0 spiro atoms. The van der Waals surface area contributed by atoms with Crippen LogP contribution in [0.3, 0.4) is 0 Å². The highest BCUT2D eigenvalue weighted by Crippen LogP contribution is 2.17. The number of carbonyl (C=O) groups is 3. The van der Waals surface area contributed by atoms with E-state index in [9.17, 15) is 19.5 Å². The minimum atomic E-state index is -1.12. The predicted octanol–water partition coefficient (Wildman–Crippen LogP) is 14.9. The summed E-state index contributed by atoms with van der Waals surface area (Å²) < 4.78 is 17.3. The van der Waals surface area contributed by atoms with Crippen molar-refractivity contribution in [1.82, 2.24) is 0 Å². The Kier molecular flexibility index (Phi) is 46.1. The van der Waals surface area contributed by atoms with Crippen LogP contribution in [0.5, 0.6) is 0 Å². The molecule has 0 aliphatic heterocycles. The molecule has 64 heavy (non-hydrogen) atoms. The van der Waals surface area contributed by atoms with Crippen molar-refractivity contribution in [3.63, 3.8) is 0 Å². The number of hydrogen-bond acceptors (Lipinski definition) is 7. The Morgan fingerprint density at radius 2 is 0.781 bits per heavy atom. The Hall–Kier alpha value is -1.93. The Balaban J connectivity index is 4.15. The van der Waals surface area contributed by atoms with E-state index in [1.165, 1.54) is 205 Å². The highest BCUT2D eigenvalue weighted by molar-refractivity contribution is 5.70. The number of carboxylic acid groups (broad SMARTS) is 1. The quantitative estimate of drug-likeness (QED) is 0.0259. The second-order valence-corrected chi connectivity index (χ2v) is 20.2. The van der Waals surface area contributed by atoms with E-state index in [-0.39, 0.29) is 42.7 Å². The number of carboxylic acids is 1. The lowest BCUT2D eigenvalue weighted by Crippen LogP contribution is -2.55. The number of esters is 2. The molecule has 0 fully saturated rings. The SMILES string of the molecule is CCCCCCCCC/C=C\CCCCCCCCCC(=O)OC(COCCC(C(=O)[O-])[N+](C)(C)C)COC(=O)CCCCCCCCCCCCCCCCCCCCCCCC. The third-order valence-electron chi connectivity index (χ3n) is 12.9. The summed E-state index contributed by atoms with van der Waals surface area (Å²) in [6.07, 6.45) is 53.9. The summed E-state index contributed by atoms with van der Waals surface area (Å²) in [4.78, 5) is 37.1. The lowest BCUT2D eigenvalue weighted by molar-refractivity contribution is -0.889. The van der Waals surface area contributed by atoms with Crippen molar-refractivity contribution in [3.05, 3.63) is 12.2 Å². The maximum Gasteiger partial charge on any atom is 0.306 e. The number of allylic oxidation sites excluding steroid dienone is 2. The van der Waals surface area contributed by atoms with Crippen molar-refractivity contribution >= 4 is 17.9 Å². The second-order valence-electron chi connectivity index (χ2n) is 20.2. The molecule has 0 aromatic rings. The topological polar surface area (TPSA) is 102 Å². The van der Waals surface area contributed by atoms with Crippen LogP contribution < -0.4 is 5.11 Å². The van der Waals surface area contributed by atoms with Crippen LogP contribution in [0.2, 0.25) is 0 Å². The standard InChI is InChI=1S/C56H107NO7/c1-6-8-10-12-14-16-18-20-22-24-26-27-28-29-31-32-34-36-38-40-42-44-46-54(58)63-51-52(50-62-49-48-53(56(60)61)57(3,4)5)64-55(59)47-45-43-41-39-37-35-33-30-25-23-21-19-17-15-13-11-9-7-2/h23,25,52-53H,6-22,24,26-51H2,1-5H3/b25-23-. The fourth-order valence-electron chi connectivity index (χ4n) is 8.60. The molecular formula is C56H107NO7. The molecule has 8 heteroatoms. The van der Waals surface area contributed by atoms with E-state index in [0.717, 1.165) is 38.5 Å². The van der Waals surface area contributed by atoms with Gasteiger partial charge in [0.05, 0.1) is 40.3 Å². The molecule has 0 amide bonds. The maximum atomic E-state index is 12.8. The normalized spacial score (nSPS) is 12.8. The van der Waals surface area contributed by atoms with Crippen LogP contribution in [0.15, 0.2) is 12.2 Å². The summed E-state index contributed by atoms with van der Waals surface area (Å²) in [5.74, 6) is -1.72. The molecule has 0 aromatic heterocycles. The van der Waals surface area contributed by atoms with Crippen LogP contribution in [-0.4, -0.2) is 75.5 Å². The first-order valence-corrected chi connectivity index (χ1v) is 27.7. The summed E-state index contributed by atoms with van der Waals surface area (Å²) in [6, 6.07) is -0.723. The van der Waals surface area contributed by atoms with Gasteiger partial charge in [0, 0.05) is 19.3 Å².